The number of carbonyl (C=O) groups is 2. The molecule has 0 spiro atoms. The Bertz CT molecular complexity index is 869. The molecule has 0 aromatic carbocycles. The van der Waals surface area contributed by atoms with Gasteiger partial charge >= 0.3 is 12.1 Å². The topological polar surface area (TPSA) is 118 Å². The largest absolute Gasteiger partial charge is 0.490 e. The van der Waals surface area contributed by atoms with Crippen molar-refractivity contribution in [1.29, 1.82) is 0 Å². The average molecular weight is 425 g/mol. The van der Waals surface area contributed by atoms with Crippen LogP contribution in [-0.2, 0) is 14.3 Å². The van der Waals surface area contributed by atoms with Crippen LogP contribution in [0.4, 0.5) is 24.8 Å². The number of aromatic nitrogens is 3. The Morgan fingerprint density at radius 1 is 1.17 bits per heavy atom. The van der Waals surface area contributed by atoms with E-state index in [2.05, 4.69) is 25.2 Å². The maximum absolute atomic E-state index is 12.5. The molecule has 2 saturated heterocycles. The molecule has 4 heterocycles. The lowest BCUT2D eigenvalue weighted by molar-refractivity contribution is -0.192. The first-order valence-electron chi connectivity index (χ1n) is 8.92. The van der Waals surface area contributed by atoms with Crippen molar-refractivity contribution in [2.45, 2.75) is 24.8 Å². The van der Waals surface area contributed by atoms with Crippen molar-refractivity contribution in [3.8, 4) is 0 Å². The summed E-state index contributed by atoms with van der Waals surface area (Å²) in [5.74, 6) is -2.23. The number of fused-ring (bicyclic) bond motifs is 2. The van der Waals surface area contributed by atoms with Crippen molar-refractivity contribution in [2.24, 2.45) is 5.92 Å². The van der Waals surface area contributed by atoms with Gasteiger partial charge in [0, 0.05) is 31.7 Å². The van der Waals surface area contributed by atoms with Crippen LogP contribution in [0.3, 0.4) is 0 Å². The van der Waals surface area contributed by atoms with Crippen molar-refractivity contribution in [2.75, 3.05) is 23.3 Å². The molecule has 2 bridgehead atoms. The fourth-order valence-electron chi connectivity index (χ4n) is 3.22. The minimum atomic E-state index is -5.08. The molecule has 3 unspecified atom stereocenters. The number of hydrogen-bond acceptors (Lipinski definition) is 7. The second-order valence-corrected chi connectivity index (χ2v) is 6.63. The summed E-state index contributed by atoms with van der Waals surface area (Å²) in [4.78, 5) is 36.1. The zero-order chi connectivity index (χ0) is 21.7. The number of carbonyl (C=O) groups excluding carboxylic acids is 1. The number of rotatable bonds is 3. The predicted molar refractivity (Wildman–Crippen MR) is 97.6 cm³/mol. The molecule has 0 aliphatic carbocycles. The van der Waals surface area contributed by atoms with Gasteiger partial charge in [-0.05, 0) is 24.6 Å². The highest BCUT2D eigenvalue weighted by atomic mass is 19.4. The van der Waals surface area contributed by atoms with Crippen molar-refractivity contribution in [3.63, 3.8) is 0 Å². The van der Waals surface area contributed by atoms with Crippen LogP contribution in [0.5, 0.6) is 0 Å². The van der Waals surface area contributed by atoms with E-state index in [0.29, 0.717) is 18.2 Å². The Kier molecular flexibility index (Phi) is 6.45. The number of amides is 1. The van der Waals surface area contributed by atoms with E-state index in [1.165, 1.54) is 0 Å². The minimum absolute atomic E-state index is 0.0127. The maximum atomic E-state index is 12.5. The van der Waals surface area contributed by atoms with Gasteiger partial charge in [0.05, 0.1) is 30.0 Å². The Morgan fingerprint density at radius 3 is 2.47 bits per heavy atom. The third-order valence-electron chi connectivity index (χ3n) is 4.50. The van der Waals surface area contributed by atoms with Gasteiger partial charge in [0.2, 0.25) is 11.9 Å². The van der Waals surface area contributed by atoms with Crippen LogP contribution in [-0.4, -0.2) is 63.4 Å². The number of morpholine rings is 1. The van der Waals surface area contributed by atoms with Crippen molar-refractivity contribution < 1.29 is 32.6 Å². The number of nitrogens with one attached hydrogen (secondary N) is 1. The molecule has 0 radical (unpaired) electrons. The van der Waals surface area contributed by atoms with E-state index in [1.807, 2.05) is 6.07 Å². The van der Waals surface area contributed by atoms with Gasteiger partial charge in [-0.15, -0.1) is 0 Å². The van der Waals surface area contributed by atoms with Crippen LogP contribution in [0.15, 0.2) is 43.0 Å². The van der Waals surface area contributed by atoms with E-state index in [1.54, 1.807) is 36.9 Å². The van der Waals surface area contributed by atoms with Crippen molar-refractivity contribution in [3.05, 3.63) is 43.0 Å². The lowest BCUT2D eigenvalue weighted by Crippen LogP contribution is -2.45. The molecule has 1 amide bonds. The first-order chi connectivity index (χ1) is 14.2. The fourth-order valence-corrected chi connectivity index (χ4v) is 3.22. The molecular formula is C18H18F3N5O4. The number of carboxylic acids is 1. The van der Waals surface area contributed by atoms with Crippen LogP contribution in [0.1, 0.15) is 6.42 Å². The summed E-state index contributed by atoms with van der Waals surface area (Å²) in [5.41, 5.74) is 0.710. The Balaban J connectivity index is 0.000000318. The molecular weight excluding hydrogens is 407 g/mol. The van der Waals surface area contributed by atoms with E-state index in [-0.39, 0.29) is 24.0 Å². The smallest absolute Gasteiger partial charge is 0.475 e. The van der Waals surface area contributed by atoms with Crippen molar-refractivity contribution in [1.82, 2.24) is 15.0 Å². The summed E-state index contributed by atoms with van der Waals surface area (Å²) in [6.07, 6.45) is 2.33. The molecule has 4 rings (SSSR count). The molecule has 2 N–H and O–H groups in total. The molecule has 12 heteroatoms. The minimum Gasteiger partial charge on any atom is -0.475 e. The monoisotopic (exact) mass is 425 g/mol. The lowest BCUT2D eigenvalue weighted by atomic mass is 9.99. The molecule has 0 saturated carbocycles. The first-order valence-corrected chi connectivity index (χ1v) is 8.92. The molecule has 2 aromatic heterocycles. The third-order valence-corrected chi connectivity index (χ3v) is 4.50. The third kappa shape index (κ3) is 5.41. The Labute approximate surface area is 168 Å². The number of anilines is 2. The molecule has 2 aliphatic rings. The normalized spacial score (nSPS) is 22.6. The highest BCUT2D eigenvalue weighted by Gasteiger charge is 2.45. The van der Waals surface area contributed by atoms with Crippen molar-refractivity contribution >= 4 is 23.5 Å². The van der Waals surface area contributed by atoms with Gasteiger partial charge in [-0.1, -0.05) is 0 Å². The summed E-state index contributed by atoms with van der Waals surface area (Å²) in [5, 5.41) is 10.0. The second-order valence-electron chi connectivity index (χ2n) is 6.63. The van der Waals surface area contributed by atoms with Crippen LogP contribution in [0, 0.1) is 5.92 Å². The van der Waals surface area contributed by atoms with E-state index in [4.69, 9.17) is 14.6 Å². The summed E-state index contributed by atoms with van der Waals surface area (Å²) >= 11 is 0. The molecule has 2 fully saturated rings. The number of hydrogen-bond donors (Lipinski definition) is 2. The number of halogens is 3. The van der Waals surface area contributed by atoms with Gasteiger partial charge in [-0.25, -0.2) is 14.8 Å². The lowest BCUT2D eigenvalue weighted by Gasteiger charge is -2.32. The summed E-state index contributed by atoms with van der Waals surface area (Å²) in [7, 11) is 0. The number of pyridine rings is 1. The van der Waals surface area contributed by atoms with Gasteiger partial charge < -0.3 is 20.1 Å². The molecule has 160 valence electrons. The summed E-state index contributed by atoms with van der Waals surface area (Å²) in [6.45, 7) is 1.35. The molecule has 2 aromatic rings. The van der Waals surface area contributed by atoms with Gasteiger partial charge in [-0.3, -0.25) is 9.78 Å². The van der Waals surface area contributed by atoms with Crippen LogP contribution in [0.2, 0.25) is 0 Å². The van der Waals surface area contributed by atoms with E-state index >= 15 is 0 Å². The predicted octanol–water partition coefficient (Wildman–Crippen LogP) is 1.74. The highest BCUT2D eigenvalue weighted by Crippen LogP contribution is 2.33. The fraction of sp³-hybridized carbons (Fsp3) is 0.389. The number of nitrogens with zero attached hydrogens (tertiary/aromatic N) is 4. The molecule has 2 aliphatic heterocycles. The standard InChI is InChI=1S/C16H17N5O2.C2HF3O2/c22-15(20-11-3-1-4-17-8-11)13-7-12-9-21(10-14(13)23-12)16-18-5-2-6-19-16;3-2(4,5)1(6)7/h1-6,8,12-14H,7,9-10H2,(H,20,22);(H,6,7). The van der Waals surface area contributed by atoms with E-state index in [0.717, 1.165) is 13.0 Å². The van der Waals surface area contributed by atoms with Gasteiger partial charge in [0.1, 0.15) is 0 Å². The zero-order valence-electron chi connectivity index (χ0n) is 15.5. The Morgan fingerprint density at radius 2 is 1.87 bits per heavy atom. The SMILES string of the molecule is O=C(Nc1cccnc1)C1CC2CN(c3ncccn3)CC1O2.O=C(O)C(F)(F)F. The summed E-state index contributed by atoms with van der Waals surface area (Å²) in [6, 6.07) is 5.42. The molecule has 3 atom stereocenters. The van der Waals surface area contributed by atoms with E-state index < -0.39 is 12.1 Å². The number of carboxylic acid groups (broad SMARTS) is 1. The Hall–Kier alpha value is -3.28. The second kappa shape index (κ2) is 9.03. The maximum Gasteiger partial charge on any atom is 0.490 e. The number of ether oxygens (including phenoxy) is 1. The molecule has 9 nitrogen and oxygen atoms in total. The quantitative estimate of drug-likeness (QED) is 0.764. The number of aliphatic carboxylic acids is 1. The van der Waals surface area contributed by atoms with Gasteiger partial charge in [0.15, 0.2) is 0 Å². The van der Waals surface area contributed by atoms with Crippen LogP contribution in [0.25, 0.3) is 0 Å². The highest BCUT2D eigenvalue weighted by molar-refractivity contribution is 5.93. The average Bonchev–Trinajstić information content (AvgIpc) is 3.03. The van der Waals surface area contributed by atoms with Gasteiger partial charge in [0.25, 0.3) is 0 Å². The first kappa shape index (κ1) is 21.4. The zero-order valence-corrected chi connectivity index (χ0v) is 15.5. The number of alkyl halides is 3. The van der Waals surface area contributed by atoms with E-state index in [9.17, 15) is 18.0 Å². The summed E-state index contributed by atoms with van der Waals surface area (Å²) < 4.78 is 37.7. The van der Waals surface area contributed by atoms with Crippen LogP contribution >= 0.6 is 0 Å². The van der Waals surface area contributed by atoms with Crippen LogP contribution < -0.4 is 10.2 Å². The molecule has 30 heavy (non-hydrogen) atoms. The van der Waals surface area contributed by atoms with Gasteiger partial charge in [-0.2, -0.15) is 13.2 Å².